The van der Waals surface area contributed by atoms with E-state index in [1.54, 1.807) is 6.26 Å². The van der Waals surface area contributed by atoms with Crippen molar-refractivity contribution in [3.63, 3.8) is 0 Å². The van der Waals surface area contributed by atoms with Crippen molar-refractivity contribution in [1.82, 2.24) is 10.6 Å². The lowest BCUT2D eigenvalue weighted by molar-refractivity contribution is -0.125. The quantitative estimate of drug-likeness (QED) is 0.662. The van der Waals surface area contributed by atoms with Gasteiger partial charge in [0.15, 0.2) is 0 Å². The Bertz CT molecular complexity index is 273. The molecule has 16 heavy (non-hydrogen) atoms. The Hall–Kier alpha value is -0.460. The van der Waals surface area contributed by atoms with E-state index in [4.69, 9.17) is 4.74 Å². The molecule has 4 unspecified atom stereocenters. The molecular formula is C10H20N2O3S. The molecule has 1 saturated heterocycles. The van der Waals surface area contributed by atoms with Gasteiger partial charge in [-0.3, -0.25) is 9.00 Å². The molecule has 0 spiro atoms. The molecule has 6 heteroatoms. The van der Waals surface area contributed by atoms with Gasteiger partial charge in [0.05, 0.1) is 19.1 Å². The second-order valence-electron chi connectivity index (χ2n) is 4.09. The van der Waals surface area contributed by atoms with E-state index >= 15 is 0 Å². The van der Waals surface area contributed by atoms with Crippen LogP contribution in [0.25, 0.3) is 0 Å². The van der Waals surface area contributed by atoms with Gasteiger partial charge in [-0.25, -0.2) is 0 Å². The van der Waals surface area contributed by atoms with Gasteiger partial charge >= 0.3 is 0 Å². The van der Waals surface area contributed by atoms with Crippen LogP contribution in [0.4, 0.5) is 0 Å². The first-order chi connectivity index (χ1) is 7.56. The zero-order valence-corrected chi connectivity index (χ0v) is 10.8. The Labute approximate surface area is 98.8 Å². The van der Waals surface area contributed by atoms with Crippen molar-refractivity contribution >= 4 is 16.7 Å². The normalized spacial score (nSPS) is 28.7. The number of likely N-dealkylation sites (N-methyl/N-ethyl adjacent to an activating group) is 1. The van der Waals surface area contributed by atoms with Crippen LogP contribution in [0, 0.1) is 5.92 Å². The number of ether oxygens (including phenoxy) is 1. The fraction of sp³-hybridized carbons (Fsp3) is 0.900. The predicted octanol–water partition coefficient (Wildman–Crippen LogP) is -0.896. The lowest BCUT2D eigenvalue weighted by atomic mass is 10.0. The third-order valence-electron chi connectivity index (χ3n) is 2.92. The average molecular weight is 248 g/mol. The van der Waals surface area contributed by atoms with E-state index < -0.39 is 10.8 Å². The van der Waals surface area contributed by atoms with Gasteiger partial charge in [-0.1, -0.05) is 0 Å². The smallest absolute Gasteiger partial charge is 0.227 e. The molecule has 1 amide bonds. The van der Waals surface area contributed by atoms with E-state index in [2.05, 4.69) is 10.6 Å². The van der Waals surface area contributed by atoms with Gasteiger partial charge in [0.25, 0.3) is 0 Å². The molecule has 0 bridgehead atoms. The summed E-state index contributed by atoms with van der Waals surface area (Å²) in [4.78, 5) is 11.8. The van der Waals surface area contributed by atoms with Crippen LogP contribution in [0.2, 0.25) is 0 Å². The van der Waals surface area contributed by atoms with E-state index in [0.717, 1.165) is 0 Å². The summed E-state index contributed by atoms with van der Waals surface area (Å²) in [6.45, 7) is 3.34. The molecule has 0 aliphatic carbocycles. The van der Waals surface area contributed by atoms with E-state index in [0.29, 0.717) is 19.8 Å². The van der Waals surface area contributed by atoms with Crippen LogP contribution < -0.4 is 10.6 Å². The number of carbonyl (C=O) groups is 1. The Morgan fingerprint density at radius 2 is 2.25 bits per heavy atom. The van der Waals surface area contributed by atoms with Crippen LogP contribution in [0.3, 0.4) is 0 Å². The summed E-state index contributed by atoms with van der Waals surface area (Å²) in [5.41, 5.74) is 0. The lowest BCUT2D eigenvalue weighted by Gasteiger charge is -2.17. The van der Waals surface area contributed by atoms with Crippen LogP contribution in [0.1, 0.15) is 6.92 Å². The van der Waals surface area contributed by atoms with Crippen molar-refractivity contribution < 1.29 is 13.7 Å². The molecule has 5 nitrogen and oxygen atoms in total. The van der Waals surface area contributed by atoms with Gasteiger partial charge in [0.1, 0.15) is 0 Å². The van der Waals surface area contributed by atoms with Crippen molar-refractivity contribution in [2.24, 2.45) is 5.92 Å². The third-order valence-corrected chi connectivity index (χ3v) is 4.22. The maximum Gasteiger partial charge on any atom is 0.227 e. The monoisotopic (exact) mass is 248 g/mol. The van der Waals surface area contributed by atoms with Crippen molar-refractivity contribution in [1.29, 1.82) is 0 Å². The summed E-state index contributed by atoms with van der Waals surface area (Å²) in [5, 5.41) is 5.86. The van der Waals surface area contributed by atoms with Gasteiger partial charge in [-0.15, -0.1) is 0 Å². The van der Waals surface area contributed by atoms with Gasteiger partial charge in [-0.05, 0) is 14.0 Å². The molecule has 2 N–H and O–H groups in total. The maximum atomic E-state index is 11.8. The number of rotatable bonds is 5. The number of hydrogen-bond acceptors (Lipinski definition) is 4. The summed E-state index contributed by atoms with van der Waals surface area (Å²) in [7, 11) is 0.922. The summed E-state index contributed by atoms with van der Waals surface area (Å²) in [6, 6.07) is 0.0856. The molecule has 4 atom stereocenters. The highest BCUT2D eigenvalue weighted by Gasteiger charge is 2.32. The van der Waals surface area contributed by atoms with E-state index in [1.165, 1.54) is 0 Å². The van der Waals surface area contributed by atoms with Gasteiger partial charge in [0, 0.05) is 34.9 Å². The van der Waals surface area contributed by atoms with E-state index in [1.807, 2.05) is 14.0 Å². The molecule has 1 aliphatic heterocycles. The second-order valence-corrected chi connectivity index (χ2v) is 5.90. The number of amides is 1. The van der Waals surface area contributed by atoms with E-state index in [9.17, 15) is 9.00 Å². The molecule has 0 aromatic heterocycles. The van der Waals surface area contributed by atoms with Gasteiger partial charge < -0.3 is 15.4 Å². The highest BCUT2D eigenvalue weighted by atomic mass is 32.2. The molecule has 0 saturated carbocycles. The Kier molecular flexibility index (Phi) is 5.37. The highest BCUT2D eigenvalue weighted by Crippen LogP contribution is 2.13. The zero-order valence-electron chi connectivity index (χ0n) is 9.99. The van der Waals surface area contributed by atoms with Crippen molar-refractivity contribution in [3.8, 4) is 0 Å². The lowest BCUT2D eigenvalue weighted by Crippen LogP contribution is -2.44. The first kappa shape index (κ1) is 13.6. The summed E-state index contributed by atoms with van der Waals surface area (Å²) in [6.07, 6.45) is 1.64. The van der Waals surface area contributed by atoms with Crippen LogP contribution in [0.5, 0.6) is 0 Å². The fourth-order valence-electron chi connectivity index (χ4n) is 1.59. The molecule has 1 heterocycles. The Morgan fingerprint density at radius 3 is 2.81 bits per heavy atom. The third kappa shape index (κ3) is 3.54. The van der Waals surface area contributed by atoms with Crippen molar-refractivity contribution in [2.75, 3.05) is 33.1 Å². The summed E-state index contributed by atoms with van der Waals surface area (Å²) in [5.74, 6) is -0.156. The molecular weight excluding hydrogens is 228 g/mol. The largest absolute Gasteiger partial charge is 0.379 e. The minimum absolute atomic E-state index is 0.0145. The van der Waals surface area contributed by atoms with Crippen LogP contribution in [-0.2, 0) is 20.3 Å². The molecule has 1 rings (SSSR count). The van der Waals surface area contributed by atoms with Crippen LogP contribution >= 0.6 is 0 Å². The fourth-order valence-corrected chi connectivity index (χ4v) is 1.91. The second kappa shape index (κ2) is 6.32. The van der Waals surface area contributed by atoms with Crippen LogP contribution in [-0.4, -0.2) is 54.5 Å². The van der Waals surface area contributed by atoms with Crippen molar-refractivity contribution in [2.45, 2.75) is 18.2 Å². The molecule has 1 fully saturated rings. The van der Waals surface area contributed by atoms with Crippen LogP contribution in [0.15, 0.2) is 0 Å². The predicted molar refractivity (Wildman–Crippen MR) is 63.7 cm³/mol. The summed E-state index contributed by atoms with van der Waals surface area (Å²) < 4.78 is 16.4. The first-order valence-electron chi connectivity index (χ1n) is 5.41. The minimum atomic E-state index is -0.900. The van der Waals surface area contributed by atoms with Gasteiger partial charge in [0.2, 0.25) is 5.91 Å². The standard InChI is InChI=1S/C10H20N2O3S/c1-7(16(3)14)4-12-10(13)8-5-15-6-9(8)11-2/h7-9,11H,4-6H2,1-3H3,(H,12,13). The molecule has 0 radical (unpaired) electrons. The highest BCUT2D eigenvalue weighted by molar-refractivity contribution is 7.84. The molecule has 0 aromatic rings. The summed E-state index contributed by atoms with van der Waals surface area (Å²) >= 11 is 0. The Balaban J connectivity index is 2.37. The molecule has 1 aliphatic rings. The van der Waals surface area contributed by atoms with Gasteiger partial charge in [-0.2, -0.15) is 0 Å². The topological polar surface area (TPSA) is 67.4 Å². The number of nitrogens with one attached hydrogen (secondary N) is 2. The SMILES string of the molecule is CNC1COCC1C(=O)NCC(C)S(C)=O. The van der Waals surface area contributed by atoms with Crippen molar-refractivity contribution in [3.05, 3.63) is 0 Å². The first-order valence-corrected chi connectivity index (χ1v) is 7.03. The number of hydrogen-bond donors (Lipinski definition) is 2. The molecule has 94 valence electrons. The Morgan fingerprint density at radius 1 is 1.56 bits per heavy atom. The van der Waals surface area contributed by atoms with E-state index in [-0.39, 0.29) is 23.1 Å². The average Bonchev–Trinajstić information content (AvgIpc) is 2.73. The minimum Gasteiger partial charge on any atom is -0.379 e. The zero-order chi connectivity index (χ0) is 12.1. The molecule has 0 aromatic carbocycles. The number of carbonyl (C=O) groups excluding carboxylic acids is 1. The maximum absolute atomic E-state index is 11.8.